The smallest absolute Gasteiger partial charge is 0.344 e. The van der Waals surface area contributed by atoms with Crippen LogP contribution in [0.1, 0.15) is 31.9 Å². The van der Waals surface area contributed by atoms with Crippen LogP contribution >= 0.6 is 0 Å². The molecule has 0 bridgehead atoms. The minimum Gasteiger partial charge on any atom is -0.457 e. The van der Waals surface area contributed by atoms with Gasteiger partial charge in [0.15, 0.2) is 0 Å². The van der Waals surface area contributed by atoms with Crippen LogP contribution < -0.4 is 10.4 Å². The van der Waals surface area contributed by atoms with Gasteiger partial charge in [-0.1, -0.05) is 45.5 Å². The zero-order chi connectivity index (χ0) is 21.7. The Morgan fingerprint density at radius 2 is 1.97 bits per heavy atom. The van der Waals surface area contributed by atoms with E-state index in [0.29, 0.717) is 22.8 Å². The van der Waals surface area contributed by atoms with Crippen LogP contribution in [0.25, 0.3) is 22.1 Å². The summed E-state index contributed by atoms with van der Waals surface area (Å²) in [6, 6.07) is 13.1. The summed E-state index contributed by atoms with van der Waals surface area (Å²) in [6.07, 6.45) is 2.87. The van der Waals surface area contributed by atoms with Gasteiger partial charge in [-0.25, -0.2) is 9.59 Å². The first-order valence-corrected chi connectivity index (χ1v) is 10.0. The van der Waals surface area contributed by atoms with Crippen LogP contribution in [0.4, 0.5) is 0 Å². The largest absolute Gasteiger partial charge is 0.457 e. The highest BCUT2D eigenvalue weighted by Gasteiger charge is 2.15. The van der Waals surface area contributed by atoms with Crippen LogP contribution in [0.2, 0.25) is 0 Å². The van der Waals surface area contributed by atoms with Crippen molar-refractivity contribution in [3.63, 3.8) is 0 Å². The molecule has 0 aliphatic carbocycles. The molecule has 5 nitrogen and oxygen atoms in total. The summed E-state index contributed by atoms with van der Waals surface area (Å²) < 4.78 is 15.8. The molecule has 0 aliphatic rings. The second-order valence-electron chi connectivity index (χ2n) is 7.47. The lowest BCUT2D eigenvalue weighted by molar-refractivity contribution is -0.144. The molecule has 0 saturated carbocycles. The molecule has 0 unspecified atom stereocenters. The fourth-order valence-electron chi connectivity index (χ4n) is 3.45. The molecule has 1 heterocycles. The third kappa shape index (κ3) is 4.79. The first kappa shape index (κ1) is 21.4. The van der Waals surface area contributed by atoms with E-state index in [2.05, 4.69) is 33.4 Å². The van der Waals surface area contributed by atoms with E-state index in [0.717, 1.165) is 29.9 Å². The van der Waals surface area contributed by atoms with Gasteiger partial charge in [0.25, 0.3) is 0 Å². The molecule has 1 aromatic heterocycles. The molecule has 0 fully saturated rings. The van der Waals surface area contributed by atoms with Gasteiger partial charge in [-0.2, -0.15) is 0 Å². The van der Waals surface area contributed by atoms with Crippen molar-refractivity contribution in [3.8, 4) is 16.9 Å². The maximum Gasteiger partial charge on any atom is 0.344 e. The van der Waals surface area contributed by atoms with E-state index in [1.165, 1.54) is 11.1 Å². The van der Waals surface area contributed by atoms with Gasteiger partial charge in [0.2, 0.25) is 6.79 Å². The van der Waals surface area contributed by atoms with Crippen molar-refractivity contribution in [1.29, 1.82) is 0 Å². The molecule has 0 aliphatic heterocycles. The summed E-state index contributed by atoms with van der Waals surface area (Å²) in [6.45, 7) is 9.55. The SMILES string of the molecule is C=CC(=O)OCOc1ccc2cc(-c3cccc(CC)c3CC(C)C)c(=O)oc2c1. The van der Waals surface area contributed by atoms with Gasteiger partial charge in [0.05, 0.1) is 5.56 Å². The van der Waals surface area contributed by atoms with E-state index in [1.807, 2.05) is 24.3 Å². The Labute approximate surface area is 175 Å². The van der Waals surface area contributed by atoms with Crippen molar-refractivity contribution in [2.24, 2.45) is 5.92 Å². The van der Waals surface area contributed by atoms with Crippen molar-refractivity contribution in [1.82, 2.24) is 0 Å². The lowest BCUT2D eigenvalue weighted by atomic mass is 9.89. The zero-order valence-corrected chi connectivity index (χ0v) is 17.6. The Bertz CT molecular complexity index is 1120. The van der Waals surface area contributed by atoms with Crippen LogP contribution in [-0.2, 0) is 22.4 Å². The normalized spacial score (nSPS) is 10.9. The third-order valence-electron chi connectivity index (χ3n) is 4.86. The Balaban J connectivity index is 1.98. The van der Waals surface area contributed by atoms with Gasteiger partial charge in [0, 0.05) is 17.5 Å². The molecule has 0 radical (unpaired) electrons. The second kappa shape index (κ2) is 9.44. The van der Waals surface area contributed by atoms with Crippen LogP contribution in [0.5, 0.6) is 5.75 Å². The van der Waals surface area contributed by atoms with E-state index < -0.39 is 11.6 Å². The average molecular weight is 406 g/mol. The highest BCUT2D eigenvalue weighted by Crippen LogP contribution is 2.30. The molecule has 0 spiro atoms. The van der Waals surface area contributed by atoms with Crippen LogP contribution in [-0.4, -0.2) is 12.8 Å². The monoisotopic (exact) mass is 406 g/mol. The number of ether oxygens (including phenoxy) is 2. The van der Waals surface area contributed by atoms with Gasteiger partial charge >= 0.3 is 11.6 Å². The summed E-state index contributed by atoms with van der Waals surface area (Å²) >= 11 is 0. The molecular formula is C25H26O5. The molecule has 5 heteroatoms. The summed E-state index contributed by atoms with van der Waals surface area (Å²) in [5.41, 5.74) is 3.95. The van der Waals surface area contributed by atoms with Crippen molar-refractivity contribution in [2.75, 3.05) is 6.79 Å². The molecule has 0 N–H and O–H groups in total. The molecule has 0 atom stereocenters. The number of fused-ring (bicyclic) bond motifs is 1. The molecule has 3 aromatic rings. The number of rotatable bonds is 8. The number of aryl methyl sites for hydroxylation is 1. The first-order chi connectivity index (χ1) is 14.4. The Morgan fingerprint density at radius 3 is 2.67 bits per heavy atom. The number of hydrogen-bond acceptors (Lipinski definition) is 5. The van der Waals surface area contributed by atoms with E-state index in [4.69, 9.17) is 13.9 Å². The van der Waals surface area contributed by atoms with E-state index in [-0.39, 0.29) is 6.79 Å². The predicted octanol–water partition coefficient (Wildman–Crippen LogP) is 5.29. The van der Waals surface area contributed by atoms with Gasteiger partial charge in [-0.3, -0.25) is 0 Å². The minimum atomic E-state index is -0.571. The zero-order valence-electron chi connectivity index (χ0n) is 17.6. The highest BCUT2D eigenvalue weighted by atomic mass is 16.7. The standard InChI is InChI=1S/C25H26O5/c1-5-17-8-7-9-20(21(17)12-16(3)4)22-13-18-10-11-19(14-23(18)30-25(22)27)28-15-29-24(26)6-2/h6-11,13-14,16H,2,5,12,15H2,1,3-4H3. The van der Waals surface area contributed by atoms with E-state index >= 15 is 0 Å². The van der Waals surface area contributed by atoms with Gasteiger partial charge in [0.1, 0.15) is 11.3 Å². The summed E-state index contributed by atoms with van der Waals surface area (Å²) in [5.74, 6) is 0.334. The Morgan fingerprint density at radius 1 is 1.17 bits per heavy atom. The van der Waals surface area contributed by atoms with Crippen LogP contribution in [0.15, 0.2) is 64.3 Å². The van der Waals surface area contributed by atoms with Crippen molar-refractivity contribution in [3.05, 3.63) is 76.7 Å². The molecule has 156 valence electrons. The Hall–Kier alpha value is -3.34. The molecular weight excluding hydrogens is 380 g/mol. The number of carbonyl (C=O) groups is 1. The van der Waals surface area contributed by atoms with Crippen molar-refractivity contribution >= 4 is 16.9 Å². The van der Waals surface area contributed by atoms with Gasteiger partial charge in [-0.15, -0.1) is 0 Å². The van der Waals surface area contributed by atoms with Crippen LogP contribution in [0, 0.1) is 5.92 Å². The lowest BCUT2D eigenvalue weighted by Gasteiger charge is -2.16. The van der Waals surface area contributed by atoms with Crippen molar-refractivity contribution < 1.29 is 18.7 Å². The summed E-state index contributed by atoms with van der Waals surface area (Å²) in [5, 5.41) is 0.789. The fraction of sp³-hybridized carbons (Fsp3) is 0.280. The summed E-state index contributed by atoms with van der Waals surface area (Å²) in [7, 11) is 0. The summed E-state index contributed by atoms with van der Waals surface area (Å²) in [4.78, 5) is 23.9. The number of carbonyl (C=O) groups excluding carboxylic acids is 1. The fourth-order valence-corrected chi connectivity index (χ4v) is 3.45. The number of esters is 1. The van der Waals surface area contributed by atoms with Gasteiger partial charge < -0.3 is 13.9 Å². The van der Waals surface area contributed by atoms with Crippen molar-refractivity contribution in [2.45, 2.75) is 33.6 Å². The van der Waals surface area contributed by atoms with E-state index in [1.54, 1.807) is 12.1 Å². The molecule has 30 heavy (non-hydrogen) atoms. The number of benzene rings is 2. The third-order valence-corrected chi connectivity index (χ3v) is 4.86. The topological polar surface area (TPSA) is 65.7 Å². The Kier molecular flexibility index (Phi) is 6.72. The quantitative estimate of drug-likeness (QED) is 0.220. The maximum absolute atomic E-state index is 12.8. The predicted molar refractivity (Wildman–Crippen MR) is 118 cm³/mol. The minimum absolute atomic E-state index is 0.249. The molecule has 0 amide bonds. The molecule has 2 aromatic carbocycles. The highest BCUT2D eigenvalue weighted by molar-refractivity contribution is 5.83. The lowest BCUT2D eigenvalue weighted by Crippen LogP contribution is -2.09. The van der Waals surface area contributed by atoms with Crippen LogP contribution in [0.3, 0.4) is 0 Å². The first-order valence-electron chi connectivity index (χ1n) is 10.0. The molecule has 3 rings (SSSR count). The van der Waals surface area contributed by atoms with E-state index in [9.17, 15) is 9.59 Å². The van der Waals surface area contributed by atoms with Gasteiger partial charge in [-0.05, 0) is 53.6 Å². The average Bonchev–Trinajstić information content (AvgIpc) is 2.73. The number of hydrogen-bond donors (Lipinski definition) is 0. The second-order valence-corrected chi connectivity index (χ2v) is 7.47. The maximum atomic E-state index is 12.8. The molecule has 0 saturated heterocycles.